The summed E-state index contributed by atoms with van der Waals surface area (Å²) in [5.41, 5.74) is 3.12. The number of H-pyrrole nitrogens is 1. The van der Waals surface area contributed by atoms with Crippen LogP contribution in [0.3, 0.4) is 0 Å². The number of nitrogens with zero attached hydrogens (tertiary/aromatic N) is 2. The highest BCUT2D eigenvalue weighted by Gasteiger charge is 2.35. The minimum Gasteiger partial charge on any atom is -0.326 e. The maximum absolute atomic E-state index is 13.1. The Morgan fingerprint density at radius 2 is 1.85 bits per heavy atom. The zero-order valence-electron chi connectivity index (χ0n) is 14.4. The Morgan fingerprint density at radius 1 is 1.11 bits per heavy atom. The first kappa shape index (κ1) is 17.0. The molecule has 0 aliphatic carbocycles. The maximum Gasteiger partial charge on any atom is 0.229 e. The van der Waals surface area contributed by atoms with Crippen LogP contribution in [0.2, 0.25) is 0 Å². The van der Waals surface area contributed by atoms with Crippen LogP contribution < -0.4 is 10.2 Å². The average Bonchev–Trinajstić information content (AvgIpc) is 3.33. The van der Waals surface area contributed by atoms with Gasteiger partial charge in [-0.25, -0.2) is 4.39 Å². The molecular weight excluding hydrogens is 347 g/mol. The largest absolute Gasteiger partial charge is 0.326 e. The van der Waals surface area contributed by atoms with Crippen molar-refractivity contribution in [2.24, 2.45) is 5.92 Å². The number of hydrogen-bond acceptors (Lipinski definition) is 3. The number of carbonyl (C=O) groups excluding carboxylic acids is 2. The molecule has 0 saturated carbocycles. The zero-order valence-corrected chi connectivity index (χ0v) is 14.4. The molecule has 136 valence electrons. The van der Waals surface area contributed by atoms with Gasteiger partial charge in [-0.2, -0.15) is 5.10 Å². The summed E-state index contributed by atoms with van der Waals surface area (Å²) in [5, 5.41) is 9.65. The van der Waals surface area contributed by atoms with Crippen molar-refractivity contribution in [2.75, 3.05) is 16.8 Å². The van der Waals surface area contributed by atoms with E-state index < -0.39 is 5.92 Å². The van der Waals surface area contributed by atoms with Gasteiger partial charge in [0.15, 0.2) is 0 Å². The average molecular weight is 364 g/mol. The summed E-state index contributed by atoms with van der Waals surface area (Å²) in [6.45, 7) is 0.280. The number of anilines is 2. The van der Waals surface area contributed by atoms with E-state index in [1.807, 2.05) is 30.3 Å². The number of carbonyl (C=O) groups is 2. The molecule has 1 atom stereocenters. The van der Waals surface area contributed by atoms with Crippen LogP contribution in [-0.2, 0) is 9.59 Å². The van der Waals surface area contributed by atoms with Crippen LogP contribution in [0.25, 0.3) is 11.3 Å². The van der Waals surface area contributed by atoms with E-state index in [0.717, 1.165) is 11.3 Å². The molecule has 0 unspecified atom stereocenters. The summed E-state index contributed by atoms with van der Waals surface area (Å²) in [5.74, 6) is -1.16. The van der Waals surface area contributed by atoms with Gasteiger partial charge in [0.1, 0.15) is 5.82 Å². The third-order valence-corrected chi connectivity index (χ3v) is 4.60. The van der Waals surface area contributed by atoms with Gasteiger partial charge in [-0.1, -0.05) is 12.1 Å². The Labute approximate surface area is 155 Å². The third-order valence-electron chi connectivity index (χ3n) is 4.60. The lowest BCUT2D eigenvalue weighted by molar-refractivity contribution is -0.122. The standard InChI is InChI=1S/C20H17FN4O2/c21-15-3-7-17(8-4-15)25-12-14(11-19(25)26)20(27)23-16-5-1-13(2-6-16)18-9-10-22-24-18/h1-10,14H,11-12H2,(H,22,24)(H,23,27)/t14-/m1/s1. The SMILES string of the molecule is O=C(Nc1ccc(-c2ccn[nH]2)cc1)[C@@H]1CC(=O)N(c2ccc(F)cc2)C1. The molecule has 0 radical (unpaired) electrons. The lowest BCUT2D eigenvalue weighted by Gasteiger charge is -2.16. The minimum atomic E-state index is -0.449. The van der Waals surface area contributed by atoms with Gasteiger partial charge in [0.25, 0.3) is 0 Å². The summed E-state index contributed by atoms with van der Waals surface area (Å²) in [7, 11) is 0. The number of halogens is 1. The monoisotopic (exact) mass is 364 g/mol. The number of aromatic nitrogens is 2. The first-order chi connectivity index (χ1) is 13.1. The summed E-state index contributed by atoms with van der Waals surface area (Å²) in [6, 6.07) is 14.9. The predicted molar refractivity (Wildman–Crippen MR) is 99.5 cm³/mol. The first-order valence-electron chi connectivity index (χ1n) is 8.57. The van der Waals surface area contributed by atoms with E-state index in [4.69, 9.17) is 0 Å². The van der Waals surface area contributed by atoms with Gasteiger partial charge in [0.05, 0.1) is 11.6 Å². The number of rotatable bonds is 4. The van der Waals surface area contributed by atoms with Crippen LogP contribution in [0.4, 0.5) is 15.8 Å². The fourth-order valence-electron chi connectivity index (χ4n) is 3.15. The van der Waals surface area contributed by atoms with E-state index >= 15 is 0 Å². The highest BCUT2D eigenvalue weighted by Crippen LogP contribution is 2.26. The molecule has 2 N–H and O–H groups in total. The molecule has 1 saturated heterocycles. The van der Waals surface area contributed by atoms with E-state index in [-0.39, 0.29) is 30.6 Å². The molecule has 1 aliphatic heterocycles. The summed E-state index contributed by atoms with van der Waals surface area (Å²) in [4.78, 5) is 26.3. The lowest BCUT2D eigenvalue weighted by Crippen LogP contribution is -2.28. The summed E-state index contributed by atoms with van der Waals surface area (Å²) in [6.07, 6.45) is 1.81. The molecule has 3 aromatic rings. The van der Waals surface area contributed by atoms with Gasteiger partial charge in [-0.05, 0) is 48.0 Å². The van der Waals surface area contributed by atoms with Crippen molar-refractivity contribution in [2.45, 2.75) is 6.42 Å². The zero-order chi connectivity index (χ0) is 18.8. The predicted octanol–water partition coefficient (Wildman–Crippen LogP) is 3.21. The van der Waals surface area contributed by atoms with Crippen molar-refractivity contribution < 1.29 is 14.0 Å². The Hall–Kier alpha value is -3.48. The van der Waals surface area contributed by atoms with Gasteiger partial charge in [0, 0.05) is 30.5 Å². The highest BCUT2D eigenvalue weighted by molar-refractivity contribution is 6.03. The number of aromatic amines is 1. The van der Waals surface area contributed by atoms with Crippen molar-refractivity contribution in [1.29, 1.82) is 0 Å². The van der Waals surface area contributed by atoms with Crippen LogP contribution in [0.5, 0.6) is 0 Å². The molecule has 1 fully saturated rings. The minimum absolute atomic E-state index is 0.134. The molecule has 4 rings (SSSR count). The second-order valence-corrected chi connectivity index (χ2v) is 6.42. The number of nitrogens with one attached hydrogen (secondary N) is 2. The Morgan fingerprint density at radius 3 is 2.52 bits per heavy atom. The van der Waals surface area contributed by atoms with Crippen molar-refractivity contribution >= 4 is 23.2 Å². The van der Waals surface area contributed by atoms with Crippen molar-refractivity contribution in [3.63, 3.8) is 0 Å². The number of amides is 2. The fraction of sp³-hybridized carbons (Fsp3) is 0.150. The van der Waals surface area contributed by atoms with E-state index in [0.29, 0.717) is 11.4 Å². The quantitative estimate of drug-likeness (QED) is 0.746. The van der Waals surface area contributed by atoms with Crippen molar-refractivity contribution in [1.82, 2.24) is 10.2 Å². The van der Waals surface area contributed by atoms with Gasteiger partial charge >= 0.3 is 0 Å². The topological polar surface area (TPSA) is 78.1 Å². The molecule has 1 aromatic heterocycles. The van der Waals surface area contributed by atoms with Gasteiger partial charge in [-0.3, -0.25) is 14.7 Å². The summed E-state index contributed by atoms with van der Waals surface area (Å²) >= 11 is 0. The molecule has 6 nitrogen and oxygen atoms in total. The van der Waals surface area contributed by atoms with E-state index in [1.54, 1.807) is 18.3 Å². The molecule has 0 spiro atoms. The van der Waals surface area contributed by atoms with Crippen LogP contribution in [0, 0.1) is 11.7 Å². The number of hydrogen-bond donors (Lipinski definition) is 2. The van der Waals surface area contributed by atoms with Crippen molar-refractivity contribution in [3.8, 4) is 11.3 Å². The van der Waals surface area contributed by atoms with E-state index in [1.165, 1.54) is 17.0 Å². The summed E-state index contributed by atoms with van der Waals surface area (Å²) < 4.78 is 13.1. The molecule has 0 bridgehead atoms. The Balaban J connectivity index is 1.41. The fourth-order valence-corrected chi connectivity index (χ4v) is 3.15. The molecule has 1 aliphatic rings. The molecule has 27 heavy (non-hydrogen) atoms. The Kier molecular flexibility index (Phi) is 4.42. The molecule has 2 heterocycles. The first-order valence-corrected chi connectivity index (χ1v) is 8.57. The van der Waals surface area contributed by atoms with Gasteiger partial charge in [-0.15, -0.1) is 0 Å². The van der Waals surface area contributed by atoms with Crippen molar-refractivity contribution in [3.05, 3.63) is 66.6 Å². The number of benzene rings is 2. The highest BCUT2D eigenvalue weighted by atomic mass is 19.1. The maximum atomic E-state index is 13.1. The Bertz CT molecular complexity index is 953. The van der Waals surface area contributed by atoms with Gasteiger partial charge in [0.2, 0.25) is 11.8 Å². The van der Waals surface area contributed by atoms with Crippen LogP contribution in [0.15, 0.2) is 60.8 Å². The van der Waals surface area contributed by atoms with E-state index in [2.05, 4.69) is 15.5 Å². The second-order valence-electron chi connectivity index (χ2n) is 6.42. The molecule has 7 heteroatoms. The van der Waals surface area contributed by atoms with E-state index in [9.17, 15) is 14.0 Å². The lowest BCUT2D eigenvalue weighted by atomic mass is 10.1. The van der Waals surface area contributed by atoms with Crippen LogP contribution in [-0.4, -0.2) is 28.6 Å². The van der Waals surface area contributed by atoms with Crippen LogP contribution in [0.1, 0.15) is 6.42 Å². The second kappa shape index (κ2) is 7.03. The third kappa shape index (κ3) is 3.57. The smallest absolute Gasteiger partial charge is 0.229 e. The molecule has 2 amide bonds. The molecule has 2 aromatic carbocycles. The normalized spacial score (nSPS) is 16.6. The van der Waals surface area contributed by atoms with Crippen LogP contribution >= 0.6 is 0 Å². The van der Waals surface area contributed by atoms with Gasteiger partial charge < -0.3 is 10.2 Å². The molecular formula is C20H17FN4O2.